The van der Waals surface area contributed by atoms with Gasteiger partial charge < -0.3 is 10.6 Å². The zero-order valence-electron chi connectivity index (χ0n) is 11.7. The van der Waals surface area contributed by atoms with Crippen molar-refractivity contribution in [3.8, 4) is 0 Å². The Bertz CT molecular complexity index is 676. The van der Waals surface area contributed by atoms with E-state index in [1.54, 1.807) is 11.8 Å². The minimum atomic E-state index is 0.400. The summed E-state index contributed by atoms with van der Waals surface area (Å²) in [5, 5.41) is 0.590. The van der Waals surface area contributed by atoms with E-state index >= 15 is 0 Å². The standard InChI is InChI=1S/C15H15ClIN3S/c1-20(11-5-3-4-10(17)8-11)15(18)19-14-9-12(21-2)6-7-13(14)16/h3-9H,1-2H3,(H2,18,19). The number of nitrogens with two attached hydrogens (primary N) is 1. The van der Waals surface area contributed by atoms with Gasteiger partial charge in [-0.15, -0.1) is 11.8 Å². The average molecular weight is 432 g/mol. The van der Waals surface area contributed by atoms with Crippen LogP contribution in [0.3, 0.4) is 0 Å². The molecule has 21 heavy (non-hydrogen) atoms. The van der Waals surface area contributed by atoms with Gasteiger partial charge in [-0.25, -0.2) is 4.99 Å². The van der Waals surface area contributed by atoms with Crippen molar-refractivity contribution in [3.05, 3.63) is 51.1 Å². The quantitative estimate of drug-likeness (QED) is 0.330. The van der Waals surface area contributed by atoms with Crippen molar-refractivity contribution < 1.29 is 0 Å². The Morgan fingerprint density at radius 3 is 2.71 bits per heavy atom. The zero-order chi connectivity index (χ0) is 15.4. The first-order valence-corrected chi connectivity index (χ1v) is 8.86. The number of anilines is 1. The van der Waals surface area contributed by atoms with Crippen molar-refractivity contribution in [1.29, 1.82) is 0 Å². The monoisotopic (exact) mass is 431 g/mol. The molecule has 6 heteroatoms. The number of halogens is 2. The predicted octanol–water partition coefficient (Wildman–Crippen LogP) is 4.75. The van der Waals surface area contributed by atoms with Crippen LogP contribution >= 0.6 is 46.0 Å². The number of thioether (sulfide) groups is 1. The number of hydrogen-bond acceptors (Lipinski definition) is 2. The maximum Gasteiger partial charge on any atom is 0.200 e. The molecule has 0 amide bonds. The molecular weight excluding hydrogens is 417 g/mol. The second-order valence-corrected chi connectivity index (χ2v) is 6.86. The van der Waals surface area contributed by atoms with Crippen molar-refractivity contribution >= 4 is 63.3 Å². The highest BCUT2D eigenvalue weighted by molar-refractivity contribution is 14.1. The fourth-order valence-electron chi connectivity index (χ4n) is 1.72. The van der Waals surface area contributed by atoms with E-state index in [-0.39, 0.29) is 0 Å². The molecule has 0 spiro atoms. The van der Waals surface area contributed by atoms with Crippen LogP contribution in [0.1, 0.15) is 0 Å². The normalized spacial score (nSPS) is 11.5. The predicted molar refractivity (Wildman–Crippen MR) is 102 cm³/mol. The van der Waals surface area contributed by atoms with E-state index in [4.69, 9.17) is 17.3 Å². The lowest BCUT2D eigenvalue weighted by Gasteiger charge is -2.18. The van der Waals surface area contributed by atoms with Gasteiger partial charge in [0.15, 0.2) is 0 Å². The number of aliphatic imine (C=N–C) groups is 1. The minimum absolute atomic E-state index is 0.400. The van der Waals surface area contributed by atoms with Crippen LogP contribution in [0.4, 0.5) is 11.4 Å². The highest BCUT2D eigenvalue weighted by atomic mass is 127. The lowest BCUT2D eigenvalue weighted by Crippen LogP contribution is -2.33. The summed E-state index contributed by atoms with van der Waals surface area (Å²) >= 11 is 10.1. The Hall–Kier alpha value is -0.920. The van der Waals surface area contributed by atoms with Crippen LogP contribution in [0.15, 0.2) is 52.4 Å². The third kappa shape index (κ3) is 4.28. The molecule has 0 fully saturated rings. The Morgan fingerprint density at radius 2 is 2.05 bits per heavy atom. The molecule has 2 aromatic carbocycles. The molecule has 0 aliphatic heterocycles. The van der Waals surface area contributed by atoms with Crippen molar-refractivity contribution in [2.75, 3.05) is 18.2 Å². The van der Waals surface area contributed by atoms with Gasteiger partial charge in [0.2, 0.25) is 5.96 Å². The second kappa shape index (κ2) is 7.38. The van der Waals surface area contributed by atoms with Gasteiger partial charge in [0.25, 0.3) is 0 Å². The highest BCUT2D eigenvalue weighted by Crippen LogP contribution is 2.30. The van der Waals surface area contributed by atoms with Crippen LogP contribution in [0.5, 0.6) is 0 Å². The third-order valence-corrected chi connectivity index (χ3v) is 4.64. The molecule has 0 bridgehead atoms. The number of guanidine groups is 1. The molecule has 2 rings (SSSR count). The molecule has 110 valence electrons. The fourth-order valence-corrected chi connectivity index (χ4v) is 2.84. The van der Waals surface area contributed by atoms with E-state index < -0.39 is 0 Å². The lowest BCUT2D eigenvalue weighted by atomic mass is 10.3. The number of hydrogen-bond donors (Lipinski definition) is 1. The summed E-state index contributed by atoms with van der Waals surface area (Å²) in [4.78, 5) is 7.38. The first kappa shape index (κ1) is 16.5. The van der Waals surface area contributed by atoms with Gasteiger partial charge in [-0.2, -0.15) is 0 Å². The summed E-state index contributed by atoms with van der Waals surface area (Å²) in [5.74, 6) is 0.400. The first-order valence-electron chi connectivity index (χ1n) is 6.18. The van der Waals surface area contributed by atoms with E-state index in [9.17, 15) is 0 Å². The fraction of sp³-hybridized carbons (Fsp3) is 0.133. The van der Waals surface area contributed by atoms with Gasteiger partial charge in [0.1, 0.15) is 0 Å². The zero-order valence-corrected chi connectivity index (χ0v) is 15.4. The molecule has 0 aliphatic rings. The Morgan fingerprint density at radius 1 is 1.29 bits per heavy atom. The van der Waals surface area contributed by atoms with Crippen LogP contribution in [-0.4, -0.2) is 19.3 Å². The smallest absolute Gasteiger partial charge is 0.200 e. The van der Waals surface area contributed by atoms with Gasteiger partial charge in [-0.1, -0.05) is 17.7 Å². The third-order valence-electron chi connectivity index (χ3n) is 2.93. The summed E-state index contributed by atoms with van der Waals surface area (Å²) < 4.78 is 1.15. The van der Waals surface area contributed by atoms with Crippen LogP contribution in [-0.2, 0) is 0 Å². The number of rotatable bonds is 3. The van der Waals surface area contributed by atoms with E-state index in [1.807, 2.05) is 60.7 Å². The molecule has 0 aliphatic carbocycles. The maximum atomic E-state index is 6.18. The van der Waals surface area contributed by atoms with Crippen LogP contribution in [0.2, 0.25) is 5.02 Å². The van der Waals surface area contributed by atoms with E-state index in [1.165, 1.54) is 0 Å². The maximum absolute atomic E-state index is 6.18. The summed E-state index contributed by atoms with van der Waals surface area (Å²) in [6.07, 6.45) is 2.01. The van der Waals surface area contributed by atoms with Crippen LogP contribution < -0.4 is 10.6 Å². The van der Waals surface area contributed by atoms with Crippen LogP contribution in [0.25, 0.3) is 0 Å². The summed E-state index contributed by atoms with van der Waals surface area (Å²) in [7, 11) is 1.89. The largest absolute Gasteiger partial charge is 0.369 e. The highest BCUT2D eigenvalue weighted by Gasteiger charge is 2.07. The van der Waals surface area contributed by atoms with Gasteiger partial charge in [-0.3, -0.25) is 0 Å². The second-order valence-electron chi connectivity index (χ2n) is 4.33. The minimum Gasteiger partial charge on any atom is -0.369 e. The topological polar surface area (TPSA) is 41.6 Å². The van der Waals surface area contributed by atoms with Crippen LogP contribution in [0, 0.1) is 3.57 Å². The molecular formula is C15H15ClIN3S. The SMILES string of the molecule is CSc1ccc(Cl)c(N=C(N)N(C)c2cccc(I)c2)c1. The molecule has 0 atom stereocenters. The Balaban J connectivity index is 2.32. The van der Waals surface area contributed by atoms with Gasteiger partial charge >= 0.3 is 0 Å². The van der Waals surface area contributed by atoms with Crippen molar-refractivity contribution in [3.63, 3.8) is 0 Å². The molecule has 2 N–H and O–H groups in total. The lowest BCUT2D eigenvalue weighted by molar-refractivity contribution is 1.21. The van der Waals surface area contributed by atoms with Crippen molar-refractivity contribution in [1.82, 2.24) is 0 Å². The first-order chi connectivity index (χ1) is 10.0. The van der Waals surface area contributed by atoms with Gasteiger partial charge in [0.05, 0.1) is 10.7 Å². The number of benzene rings is 2. The molecule has 0 saturated heterocycles. The molecule has 0 saturated carbocycles. The summed E-state index contributed by atoms with van der Waals surface area (Å²) in [6, 6.07) is 13.8. The van der Waals surface area contributed by atoms with E-state index in [0.717, 1.165) is 14.2 Å². The molecule has 0 radical (unpaired) electrons. The summed E-state index contributed by atoms with van der Waals surface area (Å²) in [5.41, 5.74) is 7.77. The van der Waals surface area contributed by atoms with Crippen molar-refractivity contribution in [2.24, 2.45) is 10.7 Å². The number of nitrogens with zero attached hydrogens (tertiary/aromatic N) is 2. The van der Waals surface area contributed by atoms with E-state index in [0.29, 0.717) is 16.7 Å². The van der Waals surface area contributed by atoms with Gasteiger partial charge in [-0.05, 0) is 65.2 Å². The molecule has 3 nitrogen and oxygen atoms in total. The van der Waals surface area contributed by atoms with Gasteiger partial charge in [0, 0.05) is 21.2 Å². The Labute approximate surface area is 147 Å². The van der Waals surface area contributed by atoms with E-state index in [2.05, 4.69) is 27.6 Å². The molecule has 0 unspecified atom stereocenters. The Kier molecular flexibility index (Phi) is 5.78. The molecule has 0 heterocycles. The summed E-state index contributed by atoms with van der Waals surface area (Å²) in [6.45, 7) is 0. The van der Waals surface area contributed by atoms with Crippen molar-refractivity contribution in [2.45, 2.75) is 4.90 Å². The average Bonchev–Trinajstić information content (AvgIpc) is 2.48. The molecule has 2 aromatic rings. The molecule has 0 aromatic heterocycles.